The minimum atomic E-state index is -0.327. The number of nitrogens with two attached hydrogens (primary N) is 1. The van der Waals surface area contributed by atoms with Gasteiger partial charge in [0.05, 0.1) is 12.2 Å². The van der Waals surface area contributed by atoms with Crippen molar-refractivity contribution in [1.29, 1.82) is 0 Å². The summed E-state index contributed by atoms with van der Waals surface area (Å²) in [5.41, 5.74) is 6.84. The fraction of sp³-hybridized carbons (Fsp3) is 0.214. The number of carbonyl (C=O) groups is 1. The highest BCUT2D eigenvalue weighted by atomic mass is 35.5. The zero-order valence-corrected chi connectivity index (χ0v) is 12.2. The van der Waals surface area contributed by atoms with Crippen LogP contribution in [0.4, 0.5) is 5.82 Å². The van der Waals surface area contributed by atoms with Gasteiger partial charge >= 0.3 is 0 Å². The van der Waals surface area contributed by atoms with Crippen LogP contribution < -0.4 is 11.1 Å². The Balaban J connectivity index is 2.17. The van der Waals surface area contributed by atoms with Crippen molar-refractivity contribution in [3.63, 3.8) is 0 Å². The third kappa shape index (κ3) is 3.90. The van der Waals surface area contributed by atoms with Gasteiger partial charge in [0.1, 0.15) is 5.82 Å². The first-order chi connectivity index (χ1) is 10.1. The molecule has 1 aromatic carbocycles. The molecule has 0 radical (unpaired) electrons. The number of carbonyl (C=O) groups excluding carboxylic acids is 1. The van der Waals surface area contributed by atoms with Crippen LogP contribution in [-0.2, 0) is 4.74 Å². The minimum absolute atomic E-state index is 0.130. The van der Waals surface area contributed by atoms with Crippen LogP contribution in [0.3, 0.4) is 0 Å². The Labute approximate surface area is 127 Å². The second-order valence-corrected chi connectivity index (χ2v) is 4.68. The number of halogens is 1. The average molecular weight is 307 g/mol. The molecule has 1 aromatic heterocycles. The van der Waals surface area contributed by atoms with Crippen LogP contribution in [0.15, 0.2) is 30.5 Å². The molecule has 1 amide bonds. The number of methoxy groups -OCH3 is 1. The van der Waals surface area contributed by atoms with Crippen LogP contribution in [0.25, 0.3) is 11.4 Å². The number of hydrogen-bond donors (Lipinski definition) is 2. The molecule has 7 heteroatoms. The van der Waals surface area contributed by atoms with Crippen molar-refractivity contribution in [2.45, 2.75) is 0 Å². The van der Waals surface area contributed by atoms with Crippen LogP contribution in [0.5, 0.6) is 0 Å². The number of ether oxygens (including phenoxy) is 1. The van der Waals surface area contributed by atoms with E-state index in [1.54, 1.807) is 31.4 Å². The van der Waals surface area contributed by atoms with Crippen LogP contribution in [-0.4, -0.2) is 36.1 Å². The van der Waals surface area contributed by atoms with Gasteiger partial charge in [0.15, 0.2) is 5.82 Å². The first-order valence-electron chi connectivity index (χ1n) is 6.27. The number of aromatic nitrogens is 2. The smallest absolute Gasteiger partial charge is 0.256 e. The van der Waals surface area contributed by atoms with Gasteiger partial charge in [0.2, 0.25) is 0 Å². The normalized spacial score (nSPS) is 10.4. The lowest BCUT2D eigenvalue weighted by Gasteiger charge is -2.07. The predicted octanol–water partition coefficient (Wildman–Crippen LogP) is 1.76. The molecule has 1 heterocycles. The highest BCUT2D eigenvalue weighted by Crippen LogP contribution is 2.19. The second-order valence-electron chi connectivity index (χ2n) is 4.25. The number of benzene rings is 1. The van der Waals surface area contributed by atoms with Gasteiger partial charge in [-0.2, -0.15) is 0 Å². The Morgan fingerprint density at radius 3 is 2.71 bits per heavy atom. The molecule has 2 aromatic rings. The topological polar surface area (TPSA) is 90.1 Å². The molecule has 0 aliphatic heterocycles. The summed E-state index contributed by atoms with van der Waals surface area (Å²) in [5.74, 6) is 0.245. The van der Waals surface area contributed by atoms with Gasteiger partial charge in [-0.05, 0) is 24.3 Å². The Morgan fingerprint density at radius 1 is 1.38 bits per heavy atom. The zero-order chi connectivity index (χ0) is 15.2. The molecule has 0 saturated heterocycles. The van der Waals surface area contributed by atoms with Crippen molar-refractivity contribution >= 4 is 23.3 Å². The SMILES string of the molecule is COCCNC(=O)c1cnc(-c2ccc(Cl)cc2)nc1N. The first-order valence-corrected chi connectivity index (χ1v) is 6.65. The molecule has 3 N–H and O–H groups in total. The van der Waals surface area contributed by atoms with Gasteiger partial charge in [-0.15, -0.1) is 0 Å². The molecule has 2 rings (SSSR count). The number of nitrogens with zero attached hydrogens (tertiary/aromatic N) is 2. The van der Waals surface area contributed by atoms with E-state index in [4.69, 9.17) is 22.1 Å². The van der Waals surface area contributed by atoms with Crippen LogP contribution in [0.2, 0.25) is 5.02 Å². The highest BCUT2D eigenvalue weighted by Gasteiger charge is 2.12. The first kappa shape index (κ1) is 15.2. The summed E-state index contributed by atoms with van der Waals surface area (Å²) in [5, 5.41) is 3.29. The van der Waals surface area contributed by atoms with Gasteiger partial charge < -0.3 is 15.8 Å². The molecule has 110 valence electrons. The lowest BCUT2D eigenvalue weighted by molar-refractivity contribution is 0.0937. The van der Waals surface area contributed by atoms with Crippen LogP contribution >= 0.6 is 11.6 Å². The van der Waals surface area contributed by atoms with Crippen molar-refractivity contribution in [3.8, 4) is 11.4 Å². The third-order valence-electron chi connectivity index (χ3n) is 2.76. The maximum Gasteiger partial charge on any atom is 0.256 e. The van der Waals surface area contributed by atoms with E-state index in [1.807, 2.05) is 0 Å². The molecule has 0 aliphatic carbocycles. The van der Waals surface area contributed by atoms with E-state index in [0.29, 0.717) is 24.0 Å². The molecule has 0 spiro atoms. The van der Waals surface area contributed by atoms with E-state index in [2.05, 4.69) is 15.3 Å². The summed E-state index contributed by atoms with van der Waals surface area (Å²) in [6.45, 7) is 0.822. The molecular weight excluding hydrogens is 292 g/mol. The van der Waals surface area contributed by atoms with Gasteiger partial charge in [-0.1, -0.05) is 11.6 Å². The highest BCUT2D eigenvalue weighted by molar-refractivity contribution is 6.30. The minimum Gasteiger partial charge on any atom is -0.383 e. The number of hydrogen-bond acceptors (Lipinski definition) is 5. The maximum absolute atomic E-state index is 11.9. The summed E-state index contributed by atoms with van der Waals surface area (Å²) >= 11 is 5.83. The van der Waals surface area contributed by atoms with Crippen molar-refractivity contribution in [2.75, 3.05) is 26.0 Å². The van der Waals surface area contributed by atoms with E-state index in [9.17, 15) is 4.79 Å². The van der Waals surface area contributed by atoms with E-state index in [0.717, 1.165) is 5.56 Å². The Morgan fingerprint density at radius 2 is 2.10 bits per heavy atom. The van der Waals surface area contributed by atoms with Gasteiger partial charge in [-0.3, -0.25) is 4.79 Å². The Bertz CT molecular complexity index is 631. The second kappa shape index (κ2) is 7.01. The summed E-state index contributed by atoms with van der Waals surface area (Å²) in [6, 6.07) is 7.05. The molecule has 0 unspecified atom stereocenters. The quantitative estimate of drug-likeness (QED) is 0.821. The van der Waals surface area contributed by atoms with Crippen LogP contribution in [0, 0.1) is 0 Å². The molecule has 0 bridgehead atoms. The zero-order valence-electron chi connectivity index (χ0n) is 11.5. The molecule has 0 aliphatic rings. The monoisotopic (exact) mass is 306 g/mol. The number of nitrogens with one attached hydrogen (secondary N) is 1. The average Bonchev–Trinajstić information content (AvgIpc) is 2.48. The molecule has 21 heavy (non-hydrogen) atoms. The van der Waals surface area contributed by atoms with E-state index in [1.165, 1.54) is 6.20 Å². The van der Waals surface area contributed by atoms with Crippen LogP contribution in [0.1, 0.15) is 10.4 Å². The number of nitrogen functional groups attached to an aromatic ring is 1. The lowest BCUT2D eigenvalue weighted by atomic mass is 10.2. The molecule has 0 fully saturated rings. The third-order valence-corrected chi connectivity index (χ3v) is 3.01. The van der Waals surface area contributed by atoms with Gasteiger partial charge in [0.25, 0.3) is 5.91 Å². The lowest BCUT2D eigenvalue weighted by Crippen LogP contribution is -2.28. The Kier molecular flexibility index (Phi) is 5.08. The van der Waals surface area contributed by atoms with Crippen molar-refractivity contribution in [3.05, 3.63) is 41.0 Å². The van der Waals surface area contributed by atoms with Crippen molar-refractivity contribution in [1.82, 2.24) is 15.3 Å². The summed E-state index contributed by atoms with van der Waals surface area (Å²) in [4.78, 5) is 20.2. The standard InChI is InChI=1S/C14H15ClN4O2/c1-21-7-6-17-14(20)11-8-18-13(19-12(11)16)9-2-4-10(15)5-3-9/h2-5,8H,6-7H2,1H3,(H,17,20)(H2,16,18,19). The number of amides is 1. The van der Waals surface area contributed by atoms with E-state index in [-0.39, 0.29) is 17.3 Å². The number of rotatable bonds is 5. The number of anilines is 1. The van der Waals surface area contributed by atoms with Gasteiger partial charge in [-0.25, -0.2) is 9.97 Å². The predicted molar refractivity (Wildman–Crippen MR) is 81.1 cm³/mol. The van der Waals surface area contributed by atoms with E-state index < -0.39 is 0 Å². The fourth-order valence-corrected chi connectivity index (χ4v) is 1.80. The molecule has 0 saturated carbocycles. The Hall–Kier alpha value is -2.18. The molecular formula is C14H15ClN4O2. The fourth-order valence-electron chi connectivity index (χ4n) is 1.67. The van der Waals surface area contributed by atoms with E-state index >= 15 is 0 Å². The largest absolute Gasteiger partial charge is 0.383 e. The summed E-state index contributed by atoms with van der Waals surface area (Å²) in [7, 11) is 1.56. The van der Waals surface area contributed by atoms with Gasteiger partial charge in [0, 0.05) is 30.4 Å². The van der Waals surface area contributed by atoms with Crippen molar-refractivity contribution < 1.29 is 9.53 Å². The summed E-state index contributed by atoms with van der Waals surface area (Å²) < 4.78 is 4.86. The van der Waals surface area contributed by atoms with Crippen molar-refractivity contribution in [2.24, 2.45) is 0 Å². The maximum atomic E-state index is 11.9. The molecule has 0 atom stereocenters. The summed E-state index contributed by atoms with van der Waals surface area (Å²) in [6.07, 6.45) is 1.41. The molecule has 6 nitrogen and oxygen atoms in total.